The van der Waals surface area contributed by atoms with Crippen LogP contribution in [0.25, 0.3) is 32.8 Å². The molecule has 0 saturated heterocycles. The Hall–Kier alpha value is -2.87. The van der Waals surface area contributed by atoms with Crippen LogP contribution in [-0.4, -0.2) is 7.05 Å². The van der Waals surface area contributed by atoms with Crippen molar-refractivity contribution in [1.29, 1.82) is 0 Å². The van der Waals surface area contributed by atoms with Gasteiger partial charge in [0.25, 0.3) is 0 Å². The number of benzene rings is 3. The highest BCUT2D eigenvalue weighted by atomic mass is 15.1. The molecule has 0 N–H and O–H groups in total. The van der Waals surface area contributed by atoms with E-state index in [1.807, 2.05) is 0 Å². The van der Waals surface area contributed by atoms with E-state index in [1.165, 1.54) is 55.3 Å². The number of fused-ring (bicyclic) bond motifs is 4. The summed E-state index contributed by atoms with van der Waals surface area (Å²) in [5.41, 5.74) is 8.01. The molecule has 0 radical (unpaired) electrons. The topological polar surface area (TPSA) is 7.12 Å². The maximum Gasteiger partial charge on any atom is 0.237 e. The fraction of sp³-hybridized carbons (Fsp3) is 0.240. The number of aromatic nitrogens is 1. The van der Waals surface area contributed by atoms with Crippen molar-refractivity contribution in [3.8, 4) is 11.3 Å². The van der Waals surface area contributed by atoms with E-state index in [1.54, 1.807) is 0 Å². The van der Waals surface area contributed by atoms with Crippen LogP contribution in [0.1, 0.15) is 30.9 Å². The van der Waals surface area contributed by atoms with Crippen molar-refractivity contribution in [3.05, 3.63) is 65.9 Å². The molecule has 3 aromatic carbocycles. The number of aryl methyl sites for hydroxylation is 2. The Bertz CT molecular complexity index is 1230. The van der Waals surface area contributed by atoms with E-state index in [0.29, 0.717) is 5.92 Å². The summed E-state index contributed by atoms with van der Waals surface area (Å²) in [5.74, 6) is 0.519. The molecule has 1 aliphatic heterocycles. The second kappa shape index (κ2) is 5.56. The van der Waals surface area contributed by atoms with Crippen LogP contribution in [0.5, 0.6) is 0 Å². The lowest BCUT2D eigenvalue weighted by atomic mass is 9.89. The lowest BCUT2D eigenvalue weighted by Crippen LogP contribution is -2.34. The zero-order chi connectivity index (χ0) is 18.9. The second-order valence-corrected chi connectivity index (χ2v) is 8.13. The Balaban J connectivity index is 2.00. The van der Waals surface area contributed by atoms with Gasteiger partial charge in [-0.05, 0) is 47.6 Å². The standard InChI is InChI=1S/C25H25N2/c1-15(2)18-11-12-19-14-26(4)25-22-16(3)9-10-17-7-6-8-21(23(17)22)27(5)24(25)20(19)13-18/h6-15H,1-5H3/q+1. The average Bonchev–Trinajstić information content (AvgIpc) is 2.66. The number of pyridine rings is 1. The highest BCUT2D eigenvalue weighted by molar-refractivity contribution is 6.15. The van der Waals surface area contributed by atoms with E-state index in [2.05, 4.69) is 99.1 Å². The second-order valence-electron chi connectivity index (χ2n) is 8.13. The van der Waals surface area contributed by atoms with Gasteiger partial charge in [-0.25, -0.2) is 0 Å². The molecule has 1 aliphatic rings. The maximum absolute atomic E-state index is 2.39. The summed E-state index contributed by atoms with van der Waals surface area (Å²) < 4.78 is 2.31. The predicted molar refractivity (Wildman–Crippen MR) is 115 cm³/mol. The van der Waals surface area contributed by atoms with Crippen molar-refractivity contribution in [1.82, 2.24) is 0 Å². The van der Waals surface area contributed by atoms with Gasteiger partial charge in [0.1, 0.15) is 12.7 Å². The third kappa shape index (κ3) is 2.16. The van der Waals surface area contributed by atoms with Crippen LogP contribution in [0.2, 0.25) is 0 Å². The Labute approximate surface area is 160 Å². The molecule has 0 atom stereocenters. The summed E-state index contributed by atoms with van der Waals surface area (Å²) in [6.07, 6.45) is 2.28. The van der Waals surface area contributed by atoms with E-state index >= 15 is 0 Å². The van der Waals surface area contributed by atoms with Gasteiger partial charge in [-0.1, -0.05) is 44.2 Å². The van der Waals surface area contributed by atoms with Gasteiger partial charge < -0.3 is 4.90 Å². The van der Waals surface area contributed by atoms with Crippen molar-refractivity contribution in [2.24, 2.45) is 7.05 Å². The van der Waals surface area contributed by atoms with Gasteiger partial charge in [0.05, 0.1) is 5.56 Å². The predicted octanol–water partition coefficient (Wildman–Crippen LogP) is 6.00. The van der Waals surface area contributed by atoms with Crippen molar-refractivity contribution < 1.29 is 4.57 Å². The minimum Gasteiger partial charge on any atom is -0.338 e. The molecule has 0 spiro atoms. The number of hydrogen-bond donors (Lipinski definition) is 0. The maximum atomic E-state index is 2.39. The molecule has 0 aliphatic carbocycles. The fourth-order valence-electron chi connectivity index (χ4n) is 4.62. The molecule has 0 unspecified atom stereocenters. The SMILES string of the molecule is Cc1ccc2cccc3c2c1-c1c(c2cc(C(C)C)ccc2c[n+]1C)N3C. The Morgan fingerprint density at radius 1 is 0.963 bits per heavy atom. The first-order valence-corrected chi connectivity index (χ1v) is 9.70. The summed E-state index contributed by atoms with van der Waals surface area (Å²) in [6, 6.07) is 18.1. The van der Waals surface area contributed by atoms with E-state index in [9.17, 15) is 0 Å². The molecular formula is C25H25N2+. The van der Waals surface area contributed by atoms with Crippen LogP contribution < -0.4 is 9.47 Å². The monoisotopic (exact) mass is 353 g/mol. The van der Waals surface area contributed by atoms with Crippen LogP contribution in [0, 0.1) is 6.92 Å². The van der Waals surface area contributed by atoms with Gasteiger partial charge in [0, 0.05) is 28.9 Å². The first-order valence-electron chi connectivity index (χ1n) is 9.70. The molecule has 2 nitrogen and oxygen atoms in total. The number of anilines is 2. The molecule has 4 aromatic rings. The molecule has 2 heteroatoms. The van der Waals surface area contributed by atoms with Gasteiger partial charge in [0.15, 0.2) is 6.20 Å². The van der Waals surface area contributed by atoms with Crippen LogP contribution in [0.3, 0.4) is 0 Å². The lowest BCUT2D eigenvalue weighted by molar-refractivity contribution is -0.658. The number of rotatable bonds is 1. The normalized spacial score (nSPS) is 12.9. The molecule has 0 fully saturated rings. The van der Waals surface area contributed by atoms with E-state index < -0.39 is 0 Å². The van der Waals surface area contributed by atoms with Gasteiger partial charge in [-0.3, -0.25) is 0 Å². The molecule has 27 heavy (non-hydrogen) atoms. The van der Waals surface area contributed by atoms with Crippen LogP contribution >= 0.6 is 0 Å². The average molecular weight is 353 g/mol. The first kappa shape index (κ1) is 16.3. The van der Waals surface area contributed by atoms with E-state index in [0.717, 1.165) is 0 Å². The van der Waals surface area contributed by atoms with Crippen molar-refractivity contribution in [2.45, 2.75) is 26.7 Å². The highest BCUT2D eigenvalue weighted by Gasteiger charge is 2.32. The smallest absolute Gasteiger partial charge is 0.237 e. The molecule has 0 bridgehead atoms. The molecule has 5 rings (SSSR count). The zero-order valence-corrected chi connectivity index (χ0v) is 16.7. The van der Waals surface area contributed by atoms with Gasteiger partial charge in [0.2, 0.25) is 5.69 Å². The minimum atomic E-state index is 0.519. The third-order valence-electron chi connectivity index (χ3n) is 6.07. The van der Waals surface area contributed by atoms with Gasteiger partial charge in [-0.15, -0.1) is 0 Å². The zero-order valence-electron chi connectivity index (χ0n) is 16.7. The van der Waals surface area contributed by atoms with Gasteiger partial charge >= 0.3 is 0 Å². The van der Waals surface area contributed by atoms with Crippen LogP contribution in [-0.2, 0) is 7.05 Å². The number of hydrogen-bond acceptors (Lipinski definition) is 1. The van der Waals surface area contributed by atoms with E-state index in [4.69, 9.17) is 0 Å². The summed E-state index contributed by atoms with van der Waals surface area (Å²) in [5, 5.41) is 5.29. The molecule has 1 aromatic heterocycles. The third-order valence-corrected chi connectivity index (χ3v) is 6.07. The summed E-state index contributed by atoms with van der Waals surface area (Å²) in [4.78, 5) is 2.39. The number of nitrogens with zero attached hydrogens (tertiary/aromatic N) is 2. The molecule has 0 amide bonds. The Morgan fingerprint density at radius 2 is 1.74 bits per heavy atom. The fourth-order valence-corrected chi connectivity index (χ4v) is 4.62. The molecule has 134 valence electrons. The first-order chi connectivity index (χ1) is 13.0. The molecule has 2 heterocycles. The highest BCUT2D eigenvalue weighted by Crippen LogP contribution is 2.49. The summed E-state index contributed by atoms with van der Waals surface area (Å²) in [6.45, 7) is 6.76. The Kier molecular flexibility index (Phi) is 3.36. The summed E-state index contributed by atoms with van der Waals surface area (Å²) in [7, 11) is 4.38. The quantitative estimate of drug-likeness (QED) is 0.381. The lowest BCUT2D eigenvalue weighted by Gasteiger charge is -2.30. The van der Waals surface area contributed by atoms with E-state index in [-0.39, 0.29) is 0 Å². The minimum absolute atomic E-state index is 0.519. The van der Waals surface area contributed by atoms with Crippen molar-refractivity contribution in [2.75, 3.05) is 11.9 Å². The molecular weight excluding hydrogens is 328 g/mol. The van der Waals surface area contributed by atoms with Crippen molar-refractivity contribution >= 4 is 32.9 Å². The van der Waals surface area contributed by atoms with Crippen LogP contribution in [0.15, 0.2) is 54.7 Å². The summed E-state index contributed by atoms with van der Waals surface area (Å²) >= 11 is 0. The van der Waals surface area contributed by atoms with Gasteiger partial charge in [-0.2, -0.15) is 4.57 Å². The Morgan fingerprint density at radius 3 is 2.52 bits per heavy atom. The van der Waals surface area contributed by atoms with Crippen molar-refractivity contribution in [3.63, 3.8) is 0 Å². The molecule has 0 saturated carbocycles. The van der Waals surface area contributed by atoms with Crippen LogP contribution in [0.4, 0.5) is 11.4 Å². The largest absolute Gasteiger partial charge is 0.338 e.